The molecule has 2 N–H and O–H groups in total. The van der Waals surface area contributed by atoms with E-state index in [0.717, 1.165) is 23.7 Å². The van der Waals surface area contributed by atoms with Crippen molar-refractivity contribution in [1.29, 1.82) is 0 Å². The SMILES string of the molecule is O=C(Nc1nccs1)NC1C2CC3CC(C2)CC1C3. The predicted octanol–water partition coefficient (Wildman–Crippen LogP) is 3.09. The van der Waals surface area contributed by atoms with E-state index in [1.807, 2.05) is 5.38 Å². The number of rotatable bonds is 2. The van der Waals surface area contributed by atoms with Gasteiger partial charge in [-0.05, 0) is 55.8 Å². The second-order valence-electron chi connectivity index (χ2n) is 6.39. The van der Waals surface area contributed by atoms with E-state index in [2.05, 4.69) is 15.6 Å². The molecule has 5 rings (SSSR count). The Kier molecular flexibility index (Phi) is 2.76. The molecule has 19 heavy (non-hydrogen) atoms. The molecule has 4 nitrogen and oxygen atoms in total. The molecule has 0 radical (unpaired) electrons. The lowest BCUT2D eigenvalue weighted by atomic mass is 9.54. The number of carbonyl (C=O) groups is 1. The predicted molar refractivity (Wildman–Crippen MR) is 75.1 cm³/mol. The van der Waals surface area contributed by atoms with Crippen molar-refractivity contribution in [3.8, 4) is 0 Å². The molecule has 0 saturated heterocycles. The average Bonchev–Trinajstić information content (AvgIpc) is 2.85. The molecule has 0 aromatic carbocycles. The second-order valence-corrected chi connectivity index (χ2v) is 7.29. The first-order valence-corrected chi connectivity index (χ1v) is 8.13. The van der Waals surface area contributed by atoms with Crippen LogP contribution in [0.3, 0.4) is 0 Å². The number of hydrogen-bond acceptors (Lipinski definition) is 3. The zero-order valence-electron chi connectivity index (χ0n) is 10.8. The van der Waals surface area contributed by atoms with E-state index in [1.54, 1.807) is 6.20 Å². The third-order valence-corrected chi connectivity index (χ3v) is 5.87. The minimum atomic E-state index is -0.0765. The smallest absolute Gasteiger partial charge is 0.321 e. The van der Waals surface area contributed by atoms with Crippen LogP contribution in [0.25, 0.3) is 0 Å². The van der Waals surface area contributed by atoms with E-state index in [0.29, 0.717) is 11.2 Å². The van der Waals surface area contributed by atoms with Crippen molar-refractivity contribution < 1.29 is 4.79 Å². The van der Waals surface area contributed by atoms with Crippen LogP contribution in [0.1, 0.15) is 32.1 Å². The quantitative estimate of drug-likeness (QED) is 0.872. The molecule has 0 aliphatic heterocycles. The minimum Gasteiger partial charge on any atom is -0.335 e. The molecule has 4 aliphatic carbocycles. The fourth-order valence-electron chi connectivity index (χ4n) is 4.73. The van der Waals surface area contributed by atoms with Crippen LogP contribution in [0, 0.1) is 23.7 Å². The summed E-state index contributed by atoms with van der Waals surface area (Å²) in [7, 11) is 0. The lowest BCUT2D eigenvalue weighted by Crippen LogP contribution is -2.56. The number of urea groups is 1. The van der Waals surface area contributed by atoms with Gasteiger partial charge in [0.2, 0.25) is 0 Å². The number of carbonyl (C=O) groups excluding carboxylic acids is 1. The lowest BCUT2D eigenvalue weighted by molar-refractivity contribution is -0.00883. The highest BCUT2D eigenvalue weighted by Gasteiger charge is 2.48. The van der Waals surface area contributed by atoms with Crippen LogP contribution in [0.5, 0.6) is 0 Å². The van der Waals surface area contributed by atoms with Gasteiger partial charge in [0.25, 0.3) is 0 Å². The summed E-state index contributed by atoms with van der Waals surface area (Å²) in [4.78, 5) is 16.1. The molecule has 4 saturated carbocycles. The van der Waals surface area contributed by atoms with Gasteiger partial charge in [0.1, 0.15) is 0 Å². The van der Waals surface area contributed by atoms with Gasteiger partial charge >= 0.3 is 6.03 Å². The van der Waals surface area contributed by atoms with Crippen LogP contribution < -0.4 is 10.6 Å². The zero-order valence-corrected chi connectivity index (χ0v) is 11.7. The summed E-state index contributed by atoms with van der Waals surface area (Å²) < 4.78 is 0. The van der Waals surface area contributed by atoms with Gasteiger partial charge in [0.05, 0.1) is 0 Å². The molecule has 5 heteroatoms. The Morgan fingerprint density at radius 2 is 1.84 bits per heavy atom. The molecule has 1 aromatic rings. The molecule has 0 atom stereocenters. The van der Waals surface area contributed by atoms with Crippen LogP contribution in [-0.2, 0) is 0 Å². The normalized spacial score (nSPS) is 39.3. The largest absolute Gasteiger partial charge is 0.335 e. The number of anilines is 1. The number of nitrogens with one attached hydrogen (secondary N) is 2. The first-order valence-electron chi connectivity index (χ1n) is 7.25. The minimum absolute atomic E-state index is 0.0765. The highest BCUT2D eigenvalue weighted by molar-refractivity contribution is 7.13. The van der Waals surface area contributed by atoms with Gasteiger partial charge in [0, 0.05) is 17.6 Å². The summed E-state index contributed by atoms with van der Waals surface area (Å²) in [6.07, 6.45) is 8.48. The van der Waals surface area contributed by atoms with Crippen LogP contribution in [0.2, 0.25) is 0 Å². The Labute approximate surface area is 117 Å². The first-order chi connectivity index (χ1) is 9.28. The average molecular weight is 277 g/mol. The molecule has 2 amide bonds. The number of nitrogens with zero attached hydrogens (tertiary/aromatic N) is 1. The Morgan fingerprint density at radius 1 is 1.16 bits per heavy atom. The lowest BCUT2D eigenvalue weighted by Gasteiger charge is -2.54. The molecule has 0 unspecified atom stereocenters. The van der Waals surface area contributed by atoms with E-state index < -0.39 is 0 Å². The molecule has 1 heterocycles. The van der Waals surface area contributed by atoms with E-state index in [-0.39, 0.29) is 6.03 Å². The molecule has 4 aliphatic rings. The third kappa shape index (κ3) is 2.14. The highest BCUT2D eigenvalue weighted by atomic mass is 32.1. The maximum atomic E-state index is 12.0. The fraction of sp³-hybridized carbons (Fsp3) is 0.714. The topological polar surface area (TPSA) is 54.0 Å². The molecule has 4 bridgehead atoms. The molecule has 0 spiro atoms. The summed E-state index contributed by atoms with van der Waals surface area (Å²) >= 11 is 1.46. The standard InChI is InChI=1S/C14H19N3OS/c18-13(17-14-15-1-2-19-14)16-12-10-4-8-3-9(6-10)7-11(12)5-8/h1-2,8-12H,3-7H2,(H2,15,16,17,18). The fourth-order valence-corrected chi connectivity index (χ4v) is 5.25. The Morgan fingerprint density at radius 3 is 2.42 bits per heavy atom. The second kappa shape index (κ2) is 4.47. The first kappa shape index (κ1) is 11.7. The zero-order chi connectivity index (χ0) is 12.8. The molecule has 4 fully saturated rings. The molecular weight excluding hydrogens is 258 g/mol. The van der Waals surface area contributed by atoms with E-state index in [1.165, 1.54) is 43.4 Å². The van der Waals surface area contributed by atoms with E-state index in [9.17, 15) is 4.79 Å². The summed E-state index contributed by atoms with van der Waals surface area (Å²) in [5.41, 5.74) is 0. The number of thiazole rings is 1. The van der Waals surface area contributed by atoms with Gasteiger partial charge in [0.15, 0.2) is 5.13 Å². The number of aromatic nitrogens is 1. The van der Waals surface area contributed by atoms with Crippen molar-refractivity contribution in [2.75, 3.05) is 5.32 Å². The number of hydrogen-bond donors (Lipinski definition) is 2. The highest BCUT2D eigenvalue weighted by Crippen LogP contribution is 2.53. The van der Waals surface area contributed by atoms with Crippen LogP contribution in [-0.4, -0.2) is 17.1 Å². The van der Waals surface area contributed by atoms with Crippen molar-refractivity contribution in [2.24, 2.45) is 23.7 Å². The molecule has 1 aromatic heterocycles. The monoisotopic (exact) mass is 277 g/mol. The van der Waals surface area contributed by atoms with Crippen molar-refractivity contribution >= 4 is 22.5 Å². The maximum Gasteiger partial charge on any atom is 0.321 e. The van der Waals surface area contributed by atoms with Crippen LogP contribution >= 0.6 is 11.3 Å². The van der Waals surface area contributed by atoms with E-state index in [4.69, 9.17) is 0 Å². The van der Waals surface area contributed by atoms with Gasteiger partial charge in [-0.3, -0.25) is 5.32 Å². The van der Waals surface area contributed by atoms with Crippen molar-refractivity contribution in [2.45, 2.75) is 38.1 Å². The van der Waals surface area contributed by atoms with Gasteiger partial charge in [-0.1, -0.05) is 0 Å². The summed E-state index contributed by atoms with van der Waals surface area (Å²) in [5, 5.41) is 8.61. The van der Waals surface area contributed by atoms with E-state index >= 15 is 0 Å². The number of amides is 2. The van der Waals surface area contributed by atoms with Gasteiger partial charge in [-0.15, -0.1) is 11.3 Å². The van der Waals surface area contributed by atoms with Gasteiger partial charge < -0.3 is 5.32 Å². The molecular formula is C14H19N3OS. The Bertz CT molecular complexity index is 445. The Balaban J connectivity index is 1.41. The van der Waals surface area contributed by atoms with Crippen LogP contribution in [0.15, 0.2) is 11.6 Å². The summed E-state index contributed by atoms with van der Waals surface area (Å²) in [6, 6.07) is 0.320. The summed E-state index contributed by atoms with van der Waals surface area (Å²) in [5.74, 6) is 3.33. The van der Waals surface area contributed by atoms with Gasteiger partial charge in [-0.25, -0.2) is 9.78 Å². The van der Waals surface area contributed by atoms with Crippen LogP contribution in [0.4, 0.5) is 9.93 Å². The Hall–Kier alpha value is -1.10. The molecule has 102 valence electrons. The van der Waals surface area contributed by atoms with Crippen molar-refractivity contribution in [1.82, 2.24) is 10.3 Å². The summed E-state index contributed by atoms with van der Waals surface area (Å²) in [6.45, 7) is 0. The van der Waals surface area contributed by atoms with Gasteiger partial charge in [-0.2, -0.15) is 0 Å². The third-order valence-electron chi connectivity index (χ3n) is 5.18. The van der Waals surface area contributed by atoms with Crippen molar-refractivity contribution in [3.63, 3.8) is 0 Å². The maximum absolute atomic E-state index is 12.0. The van der Waals surface area contributed by atoms with Crippen molar-refractivity contribution in [3.05, 3.63) is 11.6 Å².